The van der Waals surface area contributed by atoms with Gasteiger partial charge >= 0.3 is 6.18 Å². The zero-order valence-corrected chi connectivity index (χ0v) is 14.1. The van der Waals surface area contributed by atoms with Crippen molar-refractivity contribution in [2.24, 2.45) is 0 Å². The molecule has 3 rings (SSSR count). The molecule has 0 atom stereocenters. The molecule has 1 aliphatic rings. The highest BCUT2D eigenvalue weighted by atomic mass is 19.4. The molecule has 0 aliphatic carbocycles. The third-order valence-corrected chi connectivity index (χ3v) is 4.97. The van der Waals surface area contributed by atoms with Gasteiger partial charge in [0.1, 0.15) is 0 Å². The van der Waals surface area contributed by atoms with Gasteiger partial charge in [-0.2, -0.15) is 18.3 Å². The number of hydrogen-bond donors (Lipinski definition) is 2. The van der Waals surface area contributed by atoms with Crippen molar-refractivity contribution in [3.8, 4) is 0 Å². The van der Waals surface area contributed by atoms with Crippen LogP contribution in [0.3, 0.4) is 0 Å². The Balaban J connectivity index is 1.80. The van der Waals surface area contributed by atoms with Crippen LogP contribution in [0.4, 0.5) is 13.2 Å². The highest BCUT2D eigenvalue weighted by Gasteiger charge is 2.37. The Labute approximate surface area is 144 Å². The second-order valence-corrected chi connectivity index (χ2v) is 6.60. The summed E-state index contributed by atoms with van der Waals surface area (Å²) in [5.41, 5.74) is 1.83. The minimum atomic E-state index is -4.33. The molecular formula is C18H22F3N3O. The van der Waals surface area contributed by atoms with Gasteiger partial charge in [-0.3, -0.25) is 5.10 Å². The average molecular weight is 353 g/mol. The van der Waals surface area contributed by atoms with Gasteiger partial charge in [-0.1, -0.05) is 18.2 Å². The van der Waals surface area contributed by atoms with Crippen molar-refractivity contribution in [2.75, 3.05) is 19.8 Å². The number of hydrogen-bond acceptors (Lipinski definition) is 3. The smallest absolute Gasteiger partial charge is 0.381 e. The molecule has 1 fully saturated rings. The standard InChI is InChI=1S/C18H22F3N3O/c1-13-14(11-23-24-13)10-22-12-17(5-7-25-8-6-17)15-3-2-4-16(9-15)18(19,20)21/h2-4,9,11,22H,5-8,10,12H2,1H3,(H,23,24). The van der Waals surface area contributed by atoms with Gasteiger partial charge in [0, 0.05) is 43.0 Å². The van der Waals surface area contributed by atoms with Crippen molar-refractivity contribution in [1.82, 2.24) is 15.5 Å². The van der Waals surface area contributed by atoms with Crippen LogP contribution in [0.5, 0.6) is 0 Å². The summed E-state index contributed by atoms with van der Waals surface area (Å²) in [6, 6.07) is 5.70. The number of aromatic nitrogens is 2. The fourth-order valence-electron chi connectivity index (χ4n) is 3.35. The maximum atomic E-state index is 13.1. The fraction of sp³-hybridized carbons (Fsp3) is 0.500. The molecule has 1 aliphatic heterocycles. The minimum Gasteiger partial charge on any atom is -0.381 e. The van der Waals surface area contributed by atoms with E-state index in [0.717, 1.165) is 22.9 Å². The first-order valence-electron chi connectivity index (χ1n) is 8.36. The van der Waals surface area contributed by atoms with Gasteiger partial charge in [-0.05, 0) is 31.4 Å². The molecule has 0 bridgehead atoms. The predicted molar refractivity (Wildman–Crippen MR) is 88.2 cm³/mol. The van der Waals surface area contributed by atoms with Gasteiger partial charge in [-0.15, -0.1) is 0 Å². The molecule has 1 aromatic carbocycles. The van der Waals surface area contributed by atoms with E-state index in [2.05, 4.69) is 15.5 Å². The Bertz CT molecular complexity index is 706. The summed E-state index contributed by atoms with van der Waals surface area (Å²) in [4.78, 5) is 0. The summed E-state index contributed by atoms with van der Waals surface area (Å²) >= 11 is 0. The molecule has 136 valence electrons. The number of H-pyrrole nitrogens is 1. The lowest BCUT2D eigenvalue weighted by Crippen LogP contribution is -2.42. The van der Waals surface area contributed by atoms with Gasteiger partial charge in [0.05, 0.1) is 11.8 Å². The van der Waals surface area contributed by atoms with Gasteiger partial charge in [0.15, 0.2) is 0 Å². The van der Waals surface area contributed by atoms with Crippen LogP contribution >= 0.6 is 0 Å². The maximum absolute atomic E-state index is 13.1. The van der Waals surface area contributed by atoms with Crippen LogP contribution in [0.25, 0.3) is 0 Å². The first-order chi connectivity index (χ1) is 11.9. The highest BCUT2D eigenvalue weighted by molar-refractivity contribution is 5.33. The number of benzene rings is 1. The Morgan fingerprint density at radius 2 is 2.04 bits per heavy atom. The number of aromatic amines is 1. The fourth-order valence-corrected chi connectivity index (χ4v) is 3.35. The Kier molecular flexibility index (Phi) is 5.15. The van der Waals surface area contributed by atoms with E-state index in [-0.39, 0.29) is 5.41 Å². The van der Waals surface area contributed by atoms with E-state index >= 15 is 0 Å². The molecular weight excluding hydrogens is 331 g/mol. The first-order valence-corrected chi connectivity index (χ1v) is 8.36. The van der Waals surface area contributed by atoms with Crippen LogP contribution in [0, 0.1) is 6.92 Å². The molecule has 2 heterocycles. The molecule has 0 unspecified atom stereocenters. The van der Waals surface area contributed by atoms with E-state index in [1.165, 1.54) is 12.1 Å². The Hall–Kier alpha value is -1.86. The third kappa shape index (κ3) is 4.04. The Morgan fingerprint density at radius 1 is 1.28 bits per heavy atom. The van der Waals surface area contributed by atoms with Crippen LogP contribution in [0.15, 0.2) is 30.5 Å². The maximum Gasteiger partial charge on any atom is 0.416 e. The number of nitrogens with zero attached hydrogens (tertiary/aromatic N) is 1. The molecule has 7 heteroatoms. The quantitative estimate of drug-likeness (QED) is 0.864. The molecule has 2 N–H and O–H groups in total. The lowest BCUT2D eigenvalue weighted by Gasteiger charge is -2.38. The second kappa shape index (κ2) is 7.17. The van der Waals surface area contributed by atoms with E-state index < -0.39 is 11.7 Å². The SMILES string of the molecule is Cc1[nH]ncc1CNCC1(c2cccc(C(F)(F)F)c2)CCOCC1. The predicted octanol–water partition coefficient (Wildman–Crippen LogP) is 3.57. The molecule has 0 spiro atoms. The van der Waals surface area contributed by atoms with Crippen LogP contribution in [-0.2, 0) is 22.9 Å². The molecule has 25 heavy (non-hydrogen) atoms. The molecule has 0 radical (unpaired) electrons. The van der Waals surface area contributed by atoms with Crippen molar-refractivity contribution in [3.63, 3.8) is 0 Å². The molecule has 1 aromatic heterocycles. The molecule has 4 nitrogen and oxygen atoms in total. The third-order valence-electron chi connectivity index (χ3n) is 4.97. The van der Waals surface area contributed by atoms with Gasteiger partial charge in [0.2, 0.25) is 0 Å². The number of alkyl halides is 3. The average Bonchev–Trinajstić information content (AvgIpc) is 3.00. The van der Waals surface area contributed by atoms with Crippen LogP contribution in [0.2, 0.25) is 0 Å². The monoisotopic (exact) mass is 353 g/mol. The topological polar surface area (TPSA) is 49.9 Å². The molecule has 0 saturated carbocycles. The number of ether oxygens (including phenoxy) is 1. The summed E-state index contributed by atoms with van der Waals surface area (Å²) in [6.45, 7) is 4.29. The summed E-state index contributed by atoms with van der Waals surface area (Å²) in [6.07, 6.45) is -1.16. The largest absolute Gasteiger partial charge is 0.416 e. The normalized spacial score (nSPS) is 17.6. The van der Waals surface area contributed by atoms with Crippen molar-refractivity contribution in [2.45, 2.75) is 37.9 Å². The first kappa shape index (κ1) is 17.9. The number of rotatable bonds is 5. The van der Waals surface area contributed by atoms with E-state index in [4.69, 9.17) is 4.74 Å². The van der Waals surface area contributed by atoms with Crippen LogP contribution in [0.1, 0.15) is 35.2 Å². The highest BCUT2D eigenvalue weighted by Crippen LogP contribution is 2.37. The lowest BCUT2D eigenvalue weighted by molar-refractivity contribution is -0.137. The molecule has 2 aromatic rings. The van der Waals surface area contributed by atoms with Crippen molar-refractivity contribution >= 4 is 0 Å². The van der Waals surface area contributed by atoms with Gasteiger partial charge < -0.3 is 10.1 Å². The second-order valence-electron chi connectivity index (χ2n) is 6.60. The van der Waals surface area contributed by atoms with E-state index in [9.17, 15) is 13.2 Å². The summed E-state index contributed by atoms with van der Waals surface area (Å²) < 4.78 is 44.7. The lowest BCUT2D eigenvalue weighted by atomic mass is 9.73. The number of nitrogens with one attached hydrogen (secondary N) is 2. The summed E-state index contributed by atoms with van der Waals surface area (Å²) in [5, 5.41) is 10.3. The minimum absolute atomic E-state index is 0.350. The van der Waals surface area contributed by atoms with Gasteiger partial charge in [-0.25, -0.2) is 0 Å². The summed E-state index contributed by atoms with van der Waals surface area (Å²) in [5.74, 6) is 0. The van der Waals surface area contributed by atoms with Crippen molar-refractivity contribution in [1.29, 1.82) is 0 Å². The van der Waals surface area contributed by atoms with E-state index in [1.807, 2.05) is 6.92 Å². The molecule has 1 saturated heterocycles. The zero-order valence-electron chi connectivity index (χ0n) is 14.1. The number of halogens is 3. The zero-order chi connectivity index (χ0) is 17.9. The van der Waals surface area contributed by atoms with Crippen molar-refractivity contribution in [3.05, 3.63) is 52.8 Å². The number of aryl methyl sites for hydroxylation is 1. The van der Waals surface area contributed by atoms with Crippen LogP contribution in [-0.4, -0.2) is 30.0 Å². The molecule has 0 amide bonds. The van der Waals surface area contributed by atoms with E-state index in [0.29, 0.717) is 39.1 Å². The Morgan fingerprint density at radius 3 is 2.68 bits per heavy atom. The summed E-state index contributed by atoms with van der Waals surface area (Å²) in [7, 11) is 0. The van der Waals surface area contributed by atoms with Gasteiger partial charge in [0.25, 0.3) is 0 Å². The van der Waals surface area contributed by atoms with E-state index in [1.54, 1.807) is 12.3 Å². The van der Waals surface area contributed by atoms with Crippen molar-refractivity contribution < 1.29 is 17.9 Å². The van der Waals surface area contributed by atoms with Crippen LogP contribution < -0.4 is 5.32 Å².